The highest BCUT2D eigenvalue weighted by Gasteiger charge is 2.37. The summed E-state index contributed by atoms with van der Waals surface area (Å²) >= 11 is 0. The largest absolute Gasteiger partial charge is 0.396 e. The average Bonchev–Trinajstić information content (AvgIpc) is 2.49. The van der Waals surface area contributed by atoms with Gasteiger partial charge in [0, 0.05) is 12.5 Å². The number of allylic oxidation sites excluding steroid dienone is 2. The number of carbonyl (C=O) groups excluding carboxylic acids is 2. The monoisotopic (exact) mass is 328 g/mol. The van der Waals surface area contributed by atoms with Crippen LogP contribution in [-0.2, 0) is 9.59 Å². The fourth-order valence-electron chi connectivity index (χ4n) is 4.15. The molecule has 128 valence electrons. The van der Waals surface area contributed by atoms with Crippen molar-refractivity contribution in [2.24, 2.45) is 11.3 Å². The number of anilines is 3. The van der Waals surface area contributed by atoms with Gasteiger partial charge in [-0.2, -0.15) is 0 Å². The molecule has 24 heavy (non-hydrogen) atoms. The zero-order valence-corrected chi connectivity index (χ0v) is 14.0. The van der Waals surface area contributed by atoms with Crippen LogP contribution in [0.25, 0.3) is 0 Å². The van der Waals surface area contributed by atoms with Gasteiger partial charge in [-0.15, -0.1) is 0 Å². The third kappa shape index (κ3) is 3.75. The maximum absolute atomic E-state index is 12.5. The molecular formula is C18H24N4O2. The molecule has 1 saturated carbocycles. The summed E-state index contributed by atoms with van der Waals surface area (Å²) in [6, 6.07) is 1.57. The lowest BCUT2D eigenvalue weighted by atomic mass is 9.64. The van der Waals surface area contributed by atoms with Crippen molar-refractivity contribution in [1.29, 1.82) is 0 Å². The van der Waals surface area contributed by atoms with Gasteiger partial charge in [-0.25, -0.2) is 4.98 Å². The van der Waals surface area contributed by atoms with Crippen molar-refractivity contribution in [1.82, 2.24) is 4.98 Å². The fourth-order valence-corrected chi connectivity index (χ4v) is 4.15. The first-order valence-electron chi connectivity index (χ1n) is 8.41. The molecule has 1 aromatic heterocycles. The van der Waals surface area contributed by atoms with Crippen LogP contribution in [0.2, 0.25) is 0 Å². The summed E-state index contributed by atoms with van der Waals surface area (Å²) in [6.45, 7) is 2.20. The Balaban J connectivity index is 1.65. The van der Waals surface area contributed by atoms with Crippen LogP contribution in [-0.4, -0.2) is 17.3 Å². The molecule has 4 N–H and O–H groups in total. The molecule has 2 amide bonds. The zero-order chi connectivity index (χ0) is 17.2. The minimum absolute atomic E-state index is 0.0109. The Morgan fingerprint density at radius 2 is 2.38 bits per heavy atom. The van der Waals surface area contributed by atoms with E-state index in [1.54, 1.807) is 6.07 Å². The molecule has 2 aliphatic carbocycles. The van der Waals surface area contributed by atoms with E-state index in [4.69, 9.17) is 5.73 Å². The lowest BCUT2D eigenvalue weighted by molar-refractivity contribution is -0.118. The molecule has 0 radical (unpaired) electrons. The van der Waals surface area contributed by atoms with Crippen LogP contribution in [0.3, 0.4) is 0 Å². The first kappa shape index (κ1) is 16.5. The van der Waals surface area contributed by atoms with Crippen molar-refractivity contribution in [2.75, 3.05) is 16.4 Å². The molecule has 1 fully saturated rings. The quantitative estimate of drug-likeness (QED) is 0.571. The van der Waals surface area contributed by atoms with Crippen molar-refractivity contribution in [2.45, 2.75) is 45.4 Å². The minimum atomic E-state index is -0.0487. The number of nitrogens with two attached hydrogens (primary N) is 1. The normalized spacial score (nSPS) is 25.5. The second kappa shape index (κ2) is 6.63. The molecule has 6 nitrogen and oxygen atoms in total. The van der Waals surface area contributed by atoms with Gasteiger partial charge in [0.15, 0.2) is 0 Å². The summed E-state index contributed by atoms with van der Waals surface area (Å²) in [6.07, 6.45) is 10.5. The standard InChI is InChI=1S/C18H24N4O2/c1-18(7-12-3-2-4-13(5-12)8-18)9-17(24)22-16-6-15(21-11-23)14(19)10-20-16/h3,6,10-11,13H,2,4-5,7-9,19H2,1H3,(H2,20,21,22,23,24). The Kier molecular flexibility index (Phi) is 4.55. The molecule has 2 aliphatic rings. The Morgan fingerprint density at radius 3 is 3.12 bits per heavy atom. The van der Waals surface area contributed by atoms with Crippen LogP contribution < -0.4 is 16.4 Å². The molecule has 2 unspecified atom stereocenters. The third-order valence-electron chi connectivity index (χ3n) is 5.00. The lowest BCUT2D eigenvalue weighted by Crippen LogP contribution is -2.32. The first-order valence-corrected chi connectivity index (χ1v) is 8.41. The van der Waals surface area contributed by atoms with Crippen LogP contribution in [0.15, 0.2) is 23.9 Å². The SMILES string of the molecule is CC1(CC(=O)Nc2cc(NC=O)c(N)cn2)CC2=CCCC(C2)C1. The number of nitrogens with one attached hydrogen (secondary N) is 2. The van der Waals surface area contributed by atoms with E-state index in [1.165, 1.54) is 31.0 Å². The lowest BCUT2D eigenvalue weighted by Gasteiger charge is -2.41. The Hall–Kier alpha value is -2.37. The molecular weight excluding hydrogens is 304 g/mol. The fraction of sp³-hybridized carbons (Fsp3) is 0.500. The van der Waals surface area contributed by atoms with E-state index in [0.717, 1.165) is 18.8 Å². The molecule has 3 rings (SSSR count). The van der Waals surface area contributed by atoms with Crippen LogP contribution >= 0.6 is 0 Å². The van der Waals surface area contributed by atoms with Crippen molar-refractivity contribution in [3.63, 3.8) is 0 Å². The van der Waals surface area contributed by atoms with Crippen molar-refractivity contribution < 1.29 is 9.59 Å². The number of pyridine rings is 1. The number of rotatable bonds is 5. The Labute approximate surface area is 141 Å². The highest BCUT2D eigenvalue weighted by Crippen LogP contribution is 2.48. The molecule has 0 aromatic carbocycles. The van der Waals surface area contributed by atoms with Gasteiger partial charge in [-0.1, -0.05) is 18.6 Å². The summed E-state index contributed by atoms with van der Waals surface area (Å²) in [5.74, 6) is 1.07. The molecule has 1 heterocycles. The number of fused-ring (bicyclic) bond motifs is 2. The summed E-state index contributed by atoms with van der Waals surface area (Å²) in [4.78, 5) is 27.2. The molecule has 0 spiro atoms. The molecule has 0 saturated heterocycles. The zero-order valence-electron chi connectivity index (χ0n) is 14.0. The molecule has 6 heteroatoms. The maximum Gasteiger partial charge on any atom is 0.226 e. The topological polar surface area (TPSA) is 97.1 Å². The van der Waals surface area contributed by atoms with Gasteiger partial charge in [0.1, 0.15) is 5.82 Å². The number of nitrogens with zero attached hydrogens (tertiary/aromatic N) is 1. The van der Waals surface area contributed by atoms with Crippen LogP contribution in [0.5, 0.6) is 0 Å². The van der Waals surface area contributed by atoms with Gasteiger partial charge in [0.2, 0.25) is 12.3 Å². The first-order chi connectivity index (χ1) is 11.5. The summed E-state index contributed by atoms with van der Waals surface area (Å²) < 4.78 is 0. The van der Waals surface area contributed by atoms with Crippen molar-refractivity contribution in [3.05, 3.63) is 23.9 Å². The van der Waals surface area contributed by atoms with Gasteiger partial charge in [0.05, 0.1) is 17.6 Å². The average molecular weight is 328 g/mol. The van der Waals surface area contributed by atoms with Gasteiger partial charge in [-0.3, -0.25) is 9.59 Å². The summed E-state index contributed by atoms with van der Waals surface area (Å²) in [5, 5.41) is 5.33. The Bertz CT molecular complexity index is 686. The van der Waals surface area contributed by atoms with Crippen LogP contribution in [0.4, 0.5) is 17.2 Å². The number of hydrogen-bond donors (Lipinski definition) is 3. The third-order valence-corrected chi connectivity index (χ3v) is 5.00. The van der Waals surface area contributed by atoms with Crippen molar-refractivity contribution >= 4 is 29.5 Å². The van der Waals surface area contributed by atoms with Crippen molar-refractivity contribution in [3.8, 4) is 0 Å². The predicted octanol–water partition coefficient (Wildman–Crippen LogP) is 3.09. The molecule has 2 atom stereocenters. The van der Waals surface area contributed by atoms with E-state index in [0.29, 0.717) is 30.0 Å². The second-order valence-electron chi connectivity index (χ2n) is 7.35. The molecule has 2 bridgehead atoms. The highest BCUT2D eigenvalue weighted by atomic mass is 16.1. The number of hydrogen-bond acceptors (Lipinski definition) is 4. The Morgan fingerprint density at radius 1 is 1.54 bits per heavy atom. The second-order valence-corrected chi connectivity index (χ2v) is 7.35. The van der Waals surface area contributed by atoms with E-state index in [2.05, 4.69) is 28.6 Å². The number of amides is 2. The minimum Gasteiger partial charge on any atom is -0.396 e. The van der Waals surface area contributed by atoms with E-state index < -0.39 is 0 Å². The predicted molar refractivity (Wildman–Crippen MR) is 94.3 cm³/mol. The molecule has 1 aromatic rings. The van der Waals surface area contributed by atoms with Gasteiger partial charge in [0.25, 0.3) is 0 Å². The van der Waals surface area contributed by atoms with E-state index in [9.17, 15) is 9.59 Å². The van der Waals surface area contributed by atoms with E-state index in [-0.39, 0.29) is 11.3 Å². The maximum atomic E-state index is 12.5. The van der Waals surface area contributed by atoms with E-state index in [1.807, 2.05) is 0 Å². The smallest absolute Gasteiger partial charge is 0.226 e. The summed E-state index contributed by atoms with van der Waals surface area (Å²) in [5.41, 5.74) is 8.05. The van der Waals surface area contributed by atoms with Gasteiger partial charge < -0.3 is 16.4 Å². The number of carbonyl (C=O) groups is 2. The number of aromatic nitrogens is 1. The van der Waals surface area contributed by atoms with Gasteiger partial charge >= 0.3 is 0 Å². The molecule has 0 aliphatic heterocycles. The highest BCUT2D eigenvalue weighted by molar-refractivity contribution is 5.92. The number of nitrogen functional groups attached to an aromatic ring is 1. The van der Waals surface area contributed by atoms with Crippen LogP contribution in [0, 0.1) is 11.3 Å². The van der Waals surface area contributed by atoms with Gasteiger partial charge in [-0.05, 0) is 43.4 Å². The van der Waals surface area contributed by atoms with E-state index >= 15 is 0 Å². The van der Waals surface area contributed by atoms with Crippen LogP contribution in [0.1, 0.15) is 45.4 Å². The summed E-state index contributed by atoms with van der Waals surface area (Å²) in [7, 11) is 0.